The number of alkyl halides is 3. The van der Waals surface area contributed by atoms with Gasteiger partial charge in [-0.05, 0) is 66.8 Å². The fraction of sp³-hybridized carbons (Fsp3) is 0.536. The summed E-state index contributed by atoms with van der Waals surface area (Å²) < 4.78 is 44.9. The van der Waals surface area contributed by atoms with E-state index >= 15 is 0 Å². The Morgan fingerprint density at radius 3 is 2.68 bits per heavy atom. The summed E-state index contributed by atoms with van der Waals surface area (Å²) in [7, 11) is 0. The second-order valence-electron chi connectivity index (χ2n) is 10.7. The summed E-state index contributed by atoms with van der Waals surface area (Å²) in [5.74, 6) is -0.0143. The standard InChI is InChI=1S/C28H33F3N4O3/c1-16-3-5-20(34-27(37)19-7-8-32-26(12-19)28(29,30)31)13-23(16)18-4-6-22-24(33-17(2)36)14-21-15-38-10-9-35(21)25(22)11-18/h4,6-8,11-12,16,20-21,23-24H,3,5,9-10,13-15H2,1-2H3,(H,33,36)(H,34,37)/t16?,20?,21?,23?,24-/m0/s1. The number of morpholine rings is 1. The van der Waals surface area contributed by atoms with Crippen molar-refractivity contribution in [1.29, 1.82) is 0 Å². The molecule has 0 radical (unpaired) electrons. The number of hydrogen-bond acceptors (Lipinski definition) is 5. The Balaban J connectivity index is 1.36. The maximum absolute atomic E-state index is 13.1. The van der Waals surface area contributed by atoms with Crippen LogP contribution in [0.2, 0.25) is 0 Å². The zero-order valence-electron chi connectivity index (χ0n) is 21.6. The van der Waals surface area contributed by atoms with Gasteiger partial charge in [0.2, 0.25) is 5.91 Å². The largest absolute Gasteiger partial charge is 0.433 e. The molecule has 2 amide bonds. The van der Waals surface area contributed by atoms with Crippen LogP contribution in [0.4, 0.5) is 18.9 Å². The number of halogens is 3. The summed E-state index contributed by atoms with van der Waals surface area (Å²) in [4.78, 5) is 30.4. The minimum absolute atomic E-state index is 0.0429. The molecule has 0 spiro atoms. The fourth-order valence-corrected chi connectivity index (χ4v) is 6.20. The molecular formula is C28H33F3N4O3. The highest BCUT2D eigenvalue weighted by molar-refractivity contribution is 5.94. The normalized spacial score (nSPS) is 27.2. The van der Waals surface area contributed by atoms with Crippen LogP contribution in [0.1, 0.15) is 78.7 Å². The van der Waals surface area contributed by atoms with Crippen LogP contribution in [-0.2, 0) is 15.7 Å². The van der Waals surface area contributed by atoms with E-state index in [1.54, 1.807) is 0 Å². The molecule has 1 aliphatic carbocycles. The summed E-state index contributed by atoms with van der Waals surface area (Å²) in [6.45, 7) is 5.81. The second-order valence-corrected chi connectivity index (χ2v) is 10.7. The predicted octanol–water partition coefficient (Wildman–Crippen LogP) is 4.59. The van der Waals surface area contributed by atoms with Gasteiger partial charge in [0.25, 0.3) is 5.91 Å². The minimum Gasteiger partial charge on any atom is -0.377 e. The summed E-state index contributed by atoms with van der Waals surface area (Å²) in [5.41, 5.74) is 2.28. The molecule has 4 unspecified atom stereocenters. The highest BCUT2D eigenvalue weighted by Gasteiger charge is 2.37. The van der Waals surface area contributed by atoms with Crippen molar-refractivity contribution in [3.05, 3.63) is 58.9 Å². The Morgan fingerprint density at radius 1 is 1.11 bits per heavy atom. The molecule has 0 bridgehead atoms. The number of carbonyl (C=O) groups is 2. The average molecular weight is 531 g/mol. The van der Waals surface area contributed by atoms with Crippen LogP contribution in [-0.4, -0.2) is 48.6 Å². The number of ether oxygens (including phenoxy) is 1. The van der Waals surface area contributed by atoms with Crippen LogP contribution in [0.3, 0.4) is 0 Å². The summed E-state index contributed by atoms with van der Waals surface area (Å²) in [5, 5.41) is 6.05. The van der Waals surface area contributed by atoms with Gasteiger partial charge >= 0.3 is 6.18 Å². The number of rotatable bonds is 4. The van der Waals surface area contributed by atoms with Crippen molar-refractivity contribution in [3.8, 4) is 0 Å². The van der Waals surface area contributed by atoms with E-state index in [2.05, 4.69) is 45.6 Å². The minimum atomic E-state index is -4.60. The second kappa shape index (κ2) is 10.6. The first-order chi connectivity index (χ1) is 18.1. The van der Waals surface area contributed by atoms with Gasteiger partial charge in [-0.2, -0.15) is 13.2 Å². The lowest BCUT2D eigenvalue weighted by Gasteiger charge is -2.45. The van der Waals surface area contributed by atoms with Crippen LogP contribution in [0.25, 0.3) is 0 Å². The lowest BCUT2D eigenvalue weighted by molar-refractivity contribution is -0.141. The van der Waals surface area contributed by atoms with Crippen molar-refractivity contribution < 1.29 is 27.5 Å². The van der Waals surface area contributed by atoms with E-state index in [0.29, 0.717) is 25.6 Å². The smallest absolute Gasteiger partial charge is 0.377 e. The maximum Gasteiger partial charge on any atom is 0.433 e. The monoisotopic (exact) mass is 530 g/mol. The van der Waals surface area contributed by atoms with Gasteiger partial charge in [-0.1, -0.05) is 19.1 Å². The van der Waals surface area contributed by atoms with Crippen molar-refractivity contribution in [2.24, 2.45) is 5.92 Å². The van der Waals surface area contributed by atoms with E-state index in [-0.39, 0.29) is 35.5 Å². The van der Waals surface area contributed by atoms with Crippen LogP contribution < -0.4 is 15.5 Å². The van der Waals surface area contributed by atoms with Gasteiger partial charge < -0.3 is 20.3 Å². The fourth-order valence-electron chi connectivity index (χ4n) is 6.20. The number of carbonyl (C=O) groups excluding carboxylic acids is 2. The molecule has 2 aromatic rings. The van der Waals surface area contributed by atoms with E-state index in [0.717, 1.165) is 49.3 Å². The Morgan fingerprint density at radius 2 is 1.92 bits per heavy atom. The van der Waals surface area contributed by atoms with E-state index in [4.69, 9.17) is 4.74 Å². The molecule has 3 aliphatic rings. The highest BCUT2D eigenvalue weighted by Crippen LogP contribution is 2.43. The first-order valence-electron chi connectivity index (χ1n) is 13.2. The predicted molar refractivity (Wildman–Crippen MR) is 136 cm³/mol. The molecule has 204 valence electrons. The Labute approximate surface area is 220 Å². The van der Waals surface area contributed by atoms with E-state index in [1.807, 2.05) is 0 Å². The van der Waals surface area contributed by atoms with Crippen LogP contribution in [0.5, 0.6) is 0 Å². The third-order valence-electron chi connectivity index (χ3n) is 8.12. The SMILES string of the molecule is CC(=O)N[C@H]1CC2COCCN2c2cc(C3CC(NC(=O)c4ccnc(C(F)(F)F)c4)CCC3C)ccc21. The molecule has 1 aromatic carbocycles. The number of amides is 2. The van der Waals surface area contributed by atoms with E-state index in [1.165, 1.54) is 18.6 Å². The number of nitrogens with one attached hydrogen (secondary N) is 2. The number of aromatic nitrogens is 1. The quantitative estimate of drug-likeness (QED) is 0.604. The Kier molecular flexibility index (Phi) is 7.35. The third kappa shape index (κ3) is 5.50. The number of benzene rings is 1. The zero-order valence-corrected chi connectivity index (χ0v) is 21.6. The number of fused-ring (bicyclic) bond motifs is 3. The summed E-state index contributed by atoms with van der Waals surface area (Å²) in [6.07, 6.45) is -0.432. The highest BCUT2D eigenvalue weighted by atomic mass is 19.4. The average Bonchev–Trinajstić information content (AvgIpc) is 2.89. The van der Waals surface area contributed by atoms with Crippen LogP contribution >= 0.6 is 0 Å². The first kappa shape index (κ1) is 26.5. The Bertz CT molecular complexity index is 1200. The molecule has 5 rings (SSSR count). The van der Waals surface area contributed by atoms with E-state index in [9.17, 15) is 22.8 Å². The number of nitrogens with zero attached hydrogens (tertiary/aromatic N) is 2. The summed E-state index contributed by atoms with van der Waals surface area (Å²) >= 11 is 0. The number of anilines is 1. The van der Waals surface area contributed by atoms with Gasteiger partial charge in [0.15, 0.2) is 0 Å². The van der Waals surface area contributed by atoms with Gasteiger partial charge in [-0.15, -0.1) is 0 Å². The zero-order chi connectivity index (χ0) is 27.0. The number of pyridine rings is 1. The van der Waals surface area contributed by atoms with Crippen LogP contribution in [0.15, 0.2) is 36.5 Å². The van der Waals surface area contributed by atoms with Crippen molar-refractivity contribution >= 4 is 17.5 Å². The molecule has 2 aliphatic heterocycles. The van der Waals surface area contributed by atoms with Gasteiger partial charge in [0, 0.05) is 37.0 Å². The molecule has 10 heteroatoms. The van der Waals surface area contributed by atoms with Crippen LogP contribution in [0, 0.1) is 5.92 Å². The van der Waals surface area contributed by atoms with Crippen molar-refractivity contribution in [2.45, 2.75) is 69.8 Å². The molecule has 3 heterocycles. The summed E-state index contributed by atoms with van der Waals surface area (Å²) in [6, 6.07) is 8.54. The third-order valence-corrected chi connectivity index (χ3v) is 8.12. The molecule has 1 aromatic heterocycles. The first-order valence-corrected chi connectivity index (χ1v) is 13.2. The molecule has 38 heavy (non-hydrogen) atoms. The topological polar surface area (TPSA) is 83.6 Å². The number of hydrogen-bond donors (Lipinski definition) is 2. The molecule has 7 nitrogen and oxygen atoms in total. The molecular weight excluding hydrogens is 497 g/mol. The molecule has 1 saturated carbocycles. The molecule has 5 atom stereocenters. The van der Waals surface area contributed by atoms with E-state index < -0.39 is 17.8 Å². The molecule has 2 fully saturated rings. The maximum atomic E-state index is 13.1. The Hall–Kier alpha value is -3.14. The van der Waals surface area contributed by atoms with Gasteiger partial charge in [0.1, 0.15) is 5.69 Å². The van der Waals surface area contributed by atoms with Crippen molar-refractivity contribution in [2.75, 3.05) is 24.7 Å². The van der Waals surface area contributed by atoms with Gasteiger partial charge in [-0.3, -0.25) is 14.6 Å². The lowest BCUT2D eigenvalue weighted by atomic mass is 9.73. The molecule has 1 saturated heterocycles. The molecule has 2 N–H and O–H groups in total. The van der Waals surface area contributed by atoms with Crippen molar-refractivity contribution in [1.82, 2.24) is 15.6 Å². The van der Waals surface area contributed by atoms with Gasteiger partial charge in [0.05, 0.1) is 25.3 Å². The van der Waals surface area contributed by atoms with Crippen molar-refractivity contribution in [3.63, 3.8) is 0 Å². The lowest BCUT2D eigenvalue weighted by Crippen LogP contribution is -2.51. The van der Waals surface area contributed by atoms with Gasteiger partial charge in [-0.25, -0.2) is 0 Å².